The average molecular weight is 639 g/mol. The van der Waals surface area contributed by atoms with Gasteiger partial charge in [-0.15, -0.1) is 0 Å². The van der Waals surface area contributed by atoms with Crippen LogP contribution in [0.1, 0.15) is 65.6 Å². The van der Waals surface area contributed by atoms with Crippen LogP contribution in [0.2, 0.25) is 0 Å². The second-order valence-electron chi connectivity index (χ2n) is 10.3. The van der Waals surface area contributed by atoms with Crippen molar-refractivity contribution in [3.05, 3.63) is 56.2 Å². The van der Waals surface area contributed by atoms with E-state index >= 15 is 0 Å². The van der Waals surface area contributed by atoms with E-state index in [1.54, 1.807) is 40.2 Å². The van der Waals surface area contributed by atoms with Gasteiger partial charge in [-0.25, -0.2) is 9.78 Å². The van der Waals surface area contributed by atoms with Crippen LogP contribution in [0.4, 0.5) is 10.8 Å². The molecule has 12 nitrogen and oxygen atoms in total. The quantitative estimate of drug-likeness (QED) is 0.189. The number of methoxy groups -OCH3 is 3. The molecule has 240 valence electrons. The first kappa shape index (κ1) is 33.2. The summed E-state index contributed by atoms with van der Waals surface area (Å²) >= 11 is 1.07. The molecule has 4 rings (SSSR count). The van der Waals surface area contributed by atoms with Gasteiger partial charge in [0.05, 0.1) is 45.4 Å². The van der Waals surface area contributed by atoms with E-state index in [4.69, 9.17) is 18.9 Å². The number of rotatable bonds is 12. The third kappa shape index (κ3) is 7.54. The molecule has 1 aliphatic rings. The number of hydrogen-bond acceptors (Lipinski definition) is 11. The van der Waals surface area contributed by atoms with E-state index < -0.39 is 12.0 Å². The Bertz CT molecular complexity index is 1660. The molecule has 0 aliphatic heterocycles. The van der Waals surface area contributed by atoms with E-state index in [2.05, 4.69) is 20.9 Å². The first-order valence-electron chi connectivity index (χ1n) is 14.6. The number of nitrogens with zero attached hydrogens (tertiary/aromatic N) is 1. The van der Waals surface area contributed by atoms with Gasteiger partial charge in [-0.2, -0.15) is 0 Å². The molecule has 0 saturated carbocycles. The third-order valence-corrected chi connectivity index (χ3v) is 8.37. The Morgan fingerprint density at radius 2 is 1.82 bits per heavy atom. The molecule has 1 aromatic heterocycles. The summed E-state index contributed by atoms with van der Waals surface area (Å²) in [5.41, 5.74) is 3.66. The number of amides is 2. The molecule has 45 heavy (non-hydrogen) atoms. The Hall–Kier alpha value is -4.65. The van der Waals surface area contributed by atoms with Crippen molar-refractivity contribution in [3.63, 3.8) is 0 Å². The van der Waals surface area contributed by atoms with Gasteiger partial charge < -0.3 is 34.9 Å². The maximum Gasteiger partial charge on any atom is 0.350 e. The average Bonchev–Trinajstić information content (AvgIpc) is 3.21. The van der Waals surface area contributed by atoms with Crippen molar-refractivity contribution in [2.24, 2.45) is 0 Å². The molecule has 0 saturated heterocycles. The van der Waals surface area contributed by atoms with Crippen LogP contribution in [0.15, 0.2) is 29.1 Å². The lowest BCUT2D eigenvalue weighted by Crippen LogP contribution is -2.26. The van der Waals surface area contributed by atoms with E-state index in [0.717, 1.165) is 28.0 Å². The van der Waals surface area contributed by atoms with Gasteiger partial charge in [0.1, 0.15) is 4.88 Å². The first-order valence-corrected chi connectivity index (χ1v) is 15.4. The zero-order valence-electron chi connectivity index (χ0n) is 26.3. The maximum absolute atomic E-state index is 13.5. The number of nitrogens with one attached hydrogen (secondary N) is 3. The highest BCUT2D eigenvalue weighted by atomic mass is 32.1. The van der Waals surface area contributed by atoms with Crippen LogP contribution in [0, 0.1) is 6.92 Å². The van der Waals surface area contributed by atoms with Gasteiger partial charge in [0, 0.05) is 25.5 Å². The van der Waals surface area contributed by atoms with Crippen molar-refractivity contribution in [2.75, 3.05) is 45.1 Å². The fourth-order valence-electron chi connectivity index (χ4n) is 5.34. The molecular formula is C32H38N4O8S. The molecule has 1 heterocycles. The molecule has 0 radical (unpaired) electrons. The number of carbonyl (C=O) groups excluding carboxylic acids is 3. The summed E-state index contributed by atoms with van der Waals surface area (Å²) in [5, 5.41) is 9.19. The fourth-order valence-corrected chi connectivity index (χ4v) is 6.22. The summed E-state index contributed by atoms with van der Waals surface area (Å²) in [7, 11) is 4.64. The van der Waals surface area contributed by atoms with Gasteiger partial charge in [0.15, 0.2) is 16.6 Å². The van der Waals surface area contributed by atoms with E-state index in [1.807, 2.05) is 12.1 Å². The van der Waals surface area contributed by atoms with Crippen molar-refractivity contribution in [1.29, 1.82) is 0 Å². The minimum Gasteiger partial charge on any atom is -0.493 e. The van der Waals surface area contributed by atoms with Crippen LogP contribution in [-0.2, 0) is 20.7 Å². The van der Waals surface area contributed by atoms with Crippen LogP contribution in [0.25, 0.3) is 11.1 Å². The molecule has 2 aromatic carbocycles. The monoisotopic (exact) mass is 638 g/mol. The highest BCUT2D eigenvalue weighted by Crippen LogP contribution is 2.50. The lowest BCUT2D eigenvalue weighted by molar-refractivity contribution is -0.119. The molecule has 3 aromatic rings. The standard InChI is InChI=1S/C32H38N4O8S/c1-7-44-31(40)30-17(2)34-32(45-30)36-26(39)9-8-14-33-23-13-11-20-21(16-24(23)38)22(35-18(3)37)12-10-19-15-25(41-4)28(42-5)29(43-6)27(19)20/h11,13,15-16,22H,7-10,12,14H2,1-6H3,(H,33,38)(H,35,37)(H,34,36,39)/t22-/m1/s1. The van der Waals surface area contributed by atoms with Crippen LogP contribution < -0.4 is 35.6 Å². The Morgan fingerprint density at radius 1 is 1.07 bits per heavy atom. The molecule has 0 spiro atoms. The number of aryl methyl sites for hydroxylation is 2. The number of aromatic nitrogens is 1. The van der Waals surface area contributed by atoms with Gasteiger partial charge in [0.2, 0.25) is 23.0 Å². The SMILES string of the molecule is CCOC(=O)c1sc(NC(=O)CCCNc2ccc3c(cc2=O)[C@H](NC(C)=O)CCc2cc(OC)c(OC)c(OC)c2-3)nc1C. The summed E-state index contributed by atoms with van der Waals surface area (Å²) in [6, 6.07) is 6.57. The Morgan fingerprint density at radius 3 is 2.49 bits per heavy atom. The van der Waals surface area contributed by atoms with E-state index in [9.17, 15) is 19.2 Å². The molecule has 0 unspecified atom stereocenters. The molecule has 1 atom stereocenters. The van der Waals surface area contributed by atoms with Crippen molar-refractivity contribution in [2.45, 2.75) is 52.5 Å². The zero-order chi connectivity index (χ0) is 32.7. The Balaban J connectivity index is 1.56. The Kier molecular flexibility index (Phi) is 11.0. The van der Waals surface area contributed by atoms with Crippen LogP contribution in [-0.4, -0.2) is 57.2 Å². The number of anilines is 2. The minimum atomic E-state index is -0.469. The second-order valence-corrected chi connectivity index (χ2v) is 11.3. The molecular weight excluding hydrogens is 600 g/mol. The lowest BCUT2D eigenvalue weighted by atomic mass is 9.95. The van der Waals surface area contributed by atoms with Gasteiger partial charge in [-0.3, -0.25) is 14.4 Å². The zero-order valence-corrected chi connectivity index (χ0v) is 27.1. The van der Waals surface area contributed by atoms with Crippen molar-refractivity contribution in [3.8, 4) is 28.4 Å². The predicted molar refractivity (Wildman–Crippen MR) is 172 cm³/mol. The van der Waals surface area contributed by atoms with Crippen molar-refractivity contribution in [1.82, 2.24) is 10.3 Å². The van der Waals surface area contributed by atoms with Gasteiger partial charge in [-0.05, 0) is 68.0 Å². The highest BCUT2D eigenvalue weighted by Gasteiger charge is 2.29. The minimum absolute atomic E-state index is 0.167. The van der Waals surface area contributed by atoms with Gasteiger partial charge in [0.25, 0.3) is 0 Å². The Labute approximate surface area is 265 Å². The number of ether oxygens (including phenoxy) is 4. The topological polar surface area (TPSA) is 154 Å². The molecule has 3 N–H and O–H groups in total. The van der Waals surface area contributed by atoms with E-state index in [-0.39, 0.29) is 30.3 Å². The van der Waals surface area contributed by atoms with E-state index in [1.165, 1.54) is 14.0 Å². The first-order chi connectivity index (χ1) is 21.6. The van der Waals surface area contributed by atoms with Crippen LogP contribution in [0.3, 0.4) is 0 Å². The normalized spacial score (nSPS) is 13.4. The fraction of sp³-hybridized carbons (Fsp3) is 0.406. The molecule has 2 amide bonds. The predicted octanol–water partition coefficient (Wildman–Crippen LogP) is 4.64. The smallest absolute Gasteiger partial charge is 0.350 e. The number of carbonyl (C=O) groups is 3. The van der Waals surface area contributed by atoms with Crippen molar-refractivity contribution >= 4 is 39.9 Å². The molecule has 0 fully saturated rings. The van der Waals surface area contributed by atoms with Crippen molar-refractivity contribution < 1.29 is 33.3 Å². The summed E-state index contributed by atoms with van der Waals surface area (Å²) in [4.78, 5) is 54.8. The molecule has 0 bridgehead atoms. The molecule has 1 aliphatic carbocycles. The molecule has 13 heteroatoms. The lowest BCUT2D eigenvalue weighted by Gasteiger charge is -2.19. The number of fused-ring (bicyclic) bond motifs is 3. The summed E-state index contributed by atoms with van der Waals surface area (Å²) in [6.07, 6.45) is 1.75. The summed E-state index contributed by atoms with van der Waals surface area (Å²) < 4.78 is 22.1. The number of thiazole rings is 1. The second kappa shape index (κ2) is 14.9. The van der Waals surface area contributed by atoms with Crippen LogP contribution in [0.5, 0.6) is 17.2 Å². The number of esters is 1. The number of benzene rings is 1. The van der Waals surface area contributed by atoms with Crippen LogP contribution >= 0.6 is 11.3 Å². The van der Waals surface area contributed by atoms with E-state index in [0.29, 0.717) is 70.0 Å². The summed E-state index contributed by atoms with van der Waals surface area (Å²) in [5.74, 6) is 0.481. The van der Waals surface area contributed by atoms with Gasteiger partial charge in [-0.1, -0.05) is 17.4 Å². The van der Waals surface area contributed by atoms with Gasteiger partial charge >= 0.3 is 5.97 Å². The summed E-state index contributed by atoms with van der Waals surface area (Å²) in [6.45, 7) is 5.45. The maximum atomic E-state index is 13.5. The largest absolute Gasteiger partial charge is 0.493 e. The third-order valence-electron chi connectivity index (χ3n) is 7.32. The number of hydrogen-bond donors (Lipinski definition) is 3. The highest BCUT2D eigenvalue weighted by molar-refractivity contribution is 7.17.